The second-order valence-corrected chi connectivity index (χ2v) is 10.0. The molecule has 31 heavy (non-hydrogen) atoms. The molecule has 0 fully saturated rings. The summed E-state index contributed by atoms with van der Waals surface area (Å²) >= 11 is 18.3. The molecule has 3 rings (SSSR count). The number of benzene rings is 3. The highest BCUT2D eigenvalue weighted by Gasteiger charge is 2.19. The van der Waals surface area contributed by atoms with Crippen LogP contribution in [0.1, 0.15) is 47.8 Å². The molecule has 0 spiro atoms. The van der Waals surface area contributed by atoms with E-state index in [1.807, 2.05) is 29.2 Å². The van der Waals surface area contributed by atoms with Crippen molar-refractivity contribution in [3.63, 3.8) is 0 Å². The fraction of sp³-hybridized carbons (Fsp3) is 0.269. The smallest absolute Gasteiger partial charge is 0.254 e. The number of hydrogen-bond donors (Lipinski definition) is 0. The van der Waals surface area contributed by atoms with E-state index in [1.165, 1.54) is 5.56 Å². The van der Waals surface area contributed by atoms with Crippen molar-refractivity contribution in [3.8, 4) is 0 Å². The lowest BCUT2D eigenvalue weighted by atomic mass is 9.87. The Morgan fingerprint density at radius 1 is 0.774 bits per heavy atom. The molecule has 2 nitrogen and oxygen atoms in total. The zero-order valence-corrected chi connectivity index (χ0v) is 20.2. The van der Waals surface area contributed by atoms with Crippen LogP contribution in [0.25, 0.3) is 0 Å². The van der Waals surface area contributed by atoms with Gasteiger partial charge >= 0.3 is 0 Å². The number of carbonyl (C=O) groups is 1. The second kappa shape index (κ2) is 10.1. The fourth-order valence-corrected chi connectivity index (χ4v) is 4.01. The third-order valence-electron chi connectivity index (χ3n) is 5.17. The SMILES string of the molecule is CC(C)(C)c1ccc(CN(CCc2ccc(Cl)cc2)C(=O)c2cc(Cl)cc(Cl)c2)cc1. The first-order valence-corrected chi connectivity index (χ1v) is 11.3. The van der Waals surface area contributed by atoms with Gasteiger partial charge in [-0.3, -0.25) is 4.79 Å². The Labute approximate surface area is 199 Å². The monoisotopic (exact) mass is 473 g/mol. The molecule has 0 atom stereocenters. The first-order chi connectivity index (χ1) is 14.6. The van der Waals surface area contributed by atoms with Gasteiger partial charge in [0.15, 0.2) is 0 Å². The summed E-state index contributed by atoms with van der Waals surface area (Å²) in [5, 5.41) is 1.59. The first-order valence-electron chi connectivity index (χ1n) is 10.2. The van der Waals surface area contributed by atoms with Crippen molar-refractivity contribution < 1.29 is 4.79 Å². The maximum atomic E-state index is 13.3. The van der Waals surface area contributed by atoms with Gasteiger partial charge in [0.25, 0.3) is 5.91 Å². The lowest BCUT2D eigenvalue weighted by molar-refractivity contribution is 0.0745. The summed E-state index contributed by atoms with van der Waals surface area (Å²) in [5.74, 6) is -0.0988. The molecule has 0 radical (unpaired) electrons. The average molecular weight is 475 g/mol. The summed E-state index contributed by atoms with van der Waals surface area (Å²) in [5.41, 5.74) is 4.02. The lowest BCUT2D eigenvalue weighted by Gasteiger charge is -2.24. The molecule has 0 bridgehead atoms. The van der Waals surface area contributed by atoms with Gasteiger partial charge in [-0.1, -0.05) is 92.0 Å². The van der Waals surface area contributed by atoms with E-state index in [4.69, 9.17) is 34.8 Å². The van der Waals surface area contributed by atoms with E-state index < -0.39 is 0 Å². The van der Waals surface area contributed by atoms with Crippen molar-refractivity contribution in [2.45, 2.75) is 39.2 Å². The van der Waals surface area contributed by atoms with Crippen molar-refractivity contribution in [1.82, 2.24) is 4.90 Å². The van der Waals surface area contributed by atoms with Gasteiger partial charge in [0, 0.05) is 33.7 Å². The summed E-state index contributed by atoms with van der Waals surface area (Å²) in [6, 6.07) is 21.1. The van der Waals surface area contributed by atoms with Gasteiger partial charge < -0.3 is 4.90 Å². The van der Waals surface area contributed by atoms with Gasteiger partial charge in [-0.15, -0.1) is 0 Å². The van der Waals surface area contributed by atoms with Gasteiger partial charge in [0.05, 0.1) is 0 Å². The summed E-state index contributed by atoms with van der Waals surface area (Å²) in [6.45, 7) is 7.62. The predicted octanol–water partition coefficient (Wildman–Crippen LogP) is 7.83. The molecule has 0 saturated carbocycles. The summed E-state index contributed by atoms with van der Waals surface area (Å²) < 4.78 is 0. The number of nitrogens with zero attached hydrogens (tertiary/aromatic N) is 1. The predicted molar refractivity (Wildman–Crippen MR) is 132 cm³/mol. The Hall–Kier alpha value is -2.00. The lowest BCUT2D eigenvalue weighted by Crippen LogP contribution is -2.32. The largest absolute Gasteiger partial charge is 0.334 e. The molecule has 0 aromatic heterocycles. The third-order valence-corrected chi connectivity index (χ3v) is 5.86. The summed E-state index contributed by atoms with van der Waals surface area (Å²) in [4.78, 5) is 15.2. The standard InChI is InChI=1S/C26H26Cl3NO/c1-26(2,3)21-8-4-19(5-9-21)17-30(13-12-18-6-10-22(27)11-7-18)25(31)20-14-23(28)16-24(29)15-20/h4-11,14-16H,12-13,17H2,1-3H3. The Kier molecular flexibility index (Phi) is 7.69. The average Bonchev–Trinajstić information content (AvgIpc) is 2.71. The van der Waals surface area contributed by atoms with Crippen molar-refractivity contribution in [1.29, 1.82) is 0 Å². The van der Waals surface area contributed by atoms with Gasteiger partial charge in [-0.2, -0.15) is 0 Å². The quantitative estimate of drug-likeness (QED) is 0.356. The highest BCUT2D eigenvalue weighted by Crippen LogP contribution is 2.24. The minimum absolute atomic E-state index is 0.0835. The number of halogens is 3. The molecule has 0 heterocycles. The molecule has 0 aliphatic heterocycles. The molecular formula is C26H26Cl3NO. The molecule has 0 saturated heterocycles. The van der Waals surface area contributed by atoms with Crippen LogP contribution in [0, 0.1) is 0 Å². The van der Waals surface area contributed by atoms with Crippen LogP contribution in [0.4, 0.5) is 0 Å². The summed E-state index contributed by atoms with van der Waals surface area (Å²) in [7, 11) is 0. The molecule has 162 valence electrons. The highest BCUT2D eigenvalue weighted by molar-refractivity contribution is 6.35. The molecule has 3 aromatic carbocycles. The Balaban J connectivity index is 1.83. The molecule has 5 heteroatoms. The highest BCUT2D eigenvalue weighted by atomic mass is 35.5. The number of amides is 1. The van der Waals surface area contributed by atoms with Crippen LogP contribution in [0.2, 0.25) is 15.1 Å². The molecule has 0 aliphatic rings. The van der Waals surface area contributed by atoms with Crippen molar-refractivity contribution >= 4 is 40.7 Å². The zero-order valence-electron chi connectivity index (χ0n) is 18.0. The minimum Gasteiger partial charge on any atom is -0.334 e. The van der Waals surface area contributed by atoms with E-state index in [2.05, 4.69) is 45.0 Å². The summed E-state index contributed by atoms with van der Waals surface area (Å²) in [6.07, 6.45) is 0.720. The molecule has 0 aliphatic carbocycles. The van der Waals surface area contributed by atoms with Crippen LogP contribution in [0.3, 0.4) is 0 Å². The van der Waals surface area contributed by atoms with E-state index in [-0.39, 0.29) is 11.3 Å². The van der Waals surface area contributed by atoms with E-state index in [1.54, 1.807) is 18.2 Å². The van der Waals surface area contributed by atoms with Crippen LogP contribution < -0.4 is 0 Å². The van der Waals surface area contributed by atoms with Gasteiger partial charge in [-0.25, -0.2) is 0 Å². The third kappa shape index (κ3) is 6.74. The van der Waals surface area contributed by atoms with Crippen LogP contribution in [0.15, 0.2) is 66.7 Å². The molecule has 1 amide bonds. The number of carbonyl (C=O) groups excluding carboxylic acids is 1. The van der Waals surface area contributed by atoms with Crippen LogP contribution >= 0.6 is 34.8 Å². The van der Waals surface area contributed by atoms with Crippen LogP contribution in [-0.2, 0) is 18.4 Å². The first kappa shape index (κ1) is 23.7. The minimum atomic E-state index is -0.0988. The van der Waals surface area contributed by atoms with Crippen LogP contribution in [-0.4, -0.2) is 17.4 Å². The maximum Gasteiger partial charge on any atom is 0.254 e. The zero-order chi connectivity index (χ0) is 22.6. The van der Waals surface area contributed by atoms with E-state index in [0.717, 1.165) is 17.5 Å². The maximum absolute atomic E-state index is 13.3. The number of rotatable bonds is 6. The van der Waals surface area contributed by atoms with Gasteiger partial charge in [0.2, 0.25) is 0 Å². The van der Waals surface area contributed by atoms with Crippen molar-refractivity contribution in [2.24, 2.45) is 0 Å². The van der Waals surface area contributed by atoms with Crippen LogP contribution in [0.5, 0.6) is 0 Å². The Morgan fingerprint density at radius 3 is 1.87 bits per heavy atom. The molecular weight excluding hydrogens is 449 g/mol. The van der Waals surface area contributed by atoms with Gasteiger partial charge in [0.1, 0.15) is 0 Å². The van der Waals surface area contributed by atoms with Gasteiger partial charge in [-0.05, 0) is 58.9 Å². The Bertz CT molecular complexity index is 1020. The van der Waals surface area contributed by atoms with E-state index >= 15 is 0 Å². The normalized spacial score (nSPS) is 11.4. The number of hydrogen-bond acceptors (Lipinski definition) is 1. The topological polar surface area (TPSA) is 20.3 Å². The van der Waals surface area contributed by atoms with E-state index in [0.29, 0.717) is 33.7 Å². The van der Waals surface area contributed by atoms with E-state index in [9.17, 15) is 4.79 Å². The molecule has 0 N–H and O–H groups in total. The van der Waals surface area contributed by atoms with Crippen molar-refractivity contribution in [3.05, 3.63) is 104 Å². The fourth-order valence-electron chi connectivity index (χ4n) is 3.36. The Morgan fingerprint density at radius 2 is 1.32 bits per heavy atom. The molecule has 3 aromatic rings. The molecule has 0 unspecified atom stereocenters. The second-order valence-electron chi connectivity index (χ2n) is 8.71. The van der Waals surface area contributed by atoms with Crippen molar-refractivity contribution in [2.75, 3.05) is 6.54 Å².